The standard InChI is InChI=1S/C19H24ClN3O4S2/c20-11-5-6-15-12(9-11)13(7-8-28-15)21-17(24)4-2-1-3-16-18-14(10-29(16,26)27)22-19(25)23-18/h5-6,9,13-14,16,18H,1-4,7-8,10H2,(H,21,24)(H2,22,23,25)/t13-,14+,16-,18-/m1/s1. The minimum Gasteiger partial charge on any atom is -0.349 e. The van der Waals surface area contributed by atoms with Gasteiger partial charge in [0.25, 0.3) is 0 Å². The van der Waals surface area contributed by atoms with E-state index in [0.29, 0.717) is 30.7 Å². The molecule has 0 bridgehead atoms. The fourth-order valence-corrected chi connectivity index (χ4v) is 7.97. The van der Waals surface area contributed by atoms with E-state index in [-0.39, 0.29) is 35.8 Å². The first-order valence-corrected chi connectivity index (χ1v) is 12.9. The van der Waals surface area contributed by atoms with Crippen LogP contribution in [0.1, 0.15) is 43.7 Å². The summed E-state index contributed by atoms with van der Waals surface area (Å²) in [5.41, 5.74) is 1.06. The molecule has 2 fully saturated rings. The molecule has 3 aliphatic rings. The quantitative estimate of drug-likeness (QED) is 0.449. The molecule has 0 aromatic heterocycles. The van der Waals surface area contributed by atoms with Gasteiger partial charge in [0.15, 0.2) is 9.84 Å². The summed E-state index contributed by atoms with van der Waals surface area (Å²) >= 11 is 7.88. The van der Waals surface area contributed by atoms with E-state index in [1.54, 1.807) is 11.8 Å². The average Bonchev–Trinajstić information content (AvgIpc) is 3.11. The molecule has 3 heterocycles. The highest BCUT2D eigenvalue weighted by molar-refractivity contribution is 7.99. The SMILES string of the molecule is O=C(CCCC[C@@H]1[C@@H]2NC(=O)N[C@H]2CS1(=O)=O)N[C@@H]1CCSc2ccc(Cl)cc21. The number of urea groups is 1. The minimum atomic E-state index is -3.22. The van der Waals surface area contributed by atoms with Crippen LogP contribution >= 0.6 is 23.4 Å². The van der Waals surface area contributed by atoms with Crippen LogP contribution in [0.3, 0.4) is 0 Å². The van der Waals surface area contributed by atoms with Gasteiger partial charge in [0, 0.05) is 22.1 Å². The number of fused-ring (bicyclic) bond motifs is 2. The molecule has 2 saturated heterocycles. The fourth-order valence-electron chi connectivity index (χ4n) is 4.42. The van der Waals surface area contributed by atoms with E-state index in [9.17, 15) is 18.0 Å². The zero-order chi connectivity index (χ0) is 20.6. The fraction of sp³-hybridized carbons (Fsp3) is 0.579. The van der Waals surface area contributed by atoms with Crippen LogP contribution in [0.25, 0.3) is 0 Å². The third kappa shape index (κ3) is 4.51. The van der Waals surface area contributed by atoms with Gasteiger partial charge in [-0.2, -0.15) is 0 Å². The van der Waals surface area contributed by atoms with Gasteiger partial charge in [0.1, 0.15) is 0 Å². The number of unbranched alkanes of at least 4 members (excludes halogenated alkanes) is 1. The Labute approximate surface area is 179 Å². The van der Waals surface area contributed by atoms with E-state index < -0.39 is 15.1 Å². The maximum absolute atomic E-state index is 12.4. The van der Waals surface area contributed by atoms with Gasteiger partial charge in [-0.3, -0.25) is 4.79 Å². The molecule has 3 N–H and O–H groups in total. The summed E-state index contributed by atoms with van der Waals surface area (Å²) in [5.74, 6) is 0.904. The van der Waals surface area contributed by atoms with Crippen LogP contribution in [0.4, 0.5) is 4.79 Å². The van der Waals surface area contributed by atoms with Gasteiger partial charge < -0.3 is 16.0 Å². The van der Waals surface area contributed by atoms with Crippen molar-refractivity contribution in [1.29, 1.82) is 0 Å². The Balaban J connectivity index is 1.26. The first kappa shape index (κ1) is 20.8. The molecule has 29 heavy (non-hydrogen) atoms. The van der Waals surface area contributed by atoms with E-state index in [1.807, 2.05) is 18.2 Å². The van der Waals surface area contributed by atoms with Gasteiger partial charge in [0.05, 0.1) is 29.1 Å². The lowest BCUT2D eigenvalue weighted by Crippen LogP contribution is -2.39. The summed E-state index contributed by atoms with van der Waals surface area (Å²) in [6, 6.07) is 4.74. The van der Waals surface area contributed by atoms with E-state index in [0.717, 1.165) is 22.6 Å². The second-order valence-corrected chi connectivity index (χ2v) is 11.6. The van der Waals surface area contributed by atoms with Gasteiger partial charge in [-0.1, -0.05) is 18.0 Å². The van der Waals surface area contributed by atoms with Crippen molar-refractivity contribution in [1.82, 2.24) is 16.0 Å². The molecule has 0 saturated carbocycles. The normalized spacial score (nSPS) is 29.5. The van der Waals surface area contributed by atoms with Gasteiger partial charge in [-0.25, -0.2) is 13.2 Å². The summed E-state index contributed by atoms with van der Waals surface area (Å²) in [4.78, 5) is 25.0. The number of nitrogens with one attached hydrogen (secondary N) is 3. The van der Waals surface area contributed by atoms with E-state index in [1.165, 1.54) is 0 Å². The lowest BCUT2D eigenvalue weighted by Gasteiger charge is -2.26. The molecule has 0 aliphatic carbocycles. The highest BCUT2D eigenvalue weighted by atomic mass is 35.5. The number of thioether (sulfide) groups is 1. The van der Waals surface area contributed by atoms with Crippen LogP contribution in [0.5, 0.6) is 0 Å². The highest BCUT2D eigenvalue weighted by Crippen LogP contribution is 2.37. The summed E-state index contributed by atoms with van der Waals surface area (Å²) < 4.78 is 24.7. The molecular weight excluding hydrogens is 434 g/mol. The average molecular weight is 458 g/mol. The predicted molar refractivity (Wildman–Crippen MR) is 113 cm³/mol. The zero-order valence-electron chi connectivity index (χ0n) is 15.8. The molecule has 0 spiro atoms. The third-order valence-corrected chi connectivity index (χ3v) is 9.44. The summed E-state index contributed by atoms with van der Waals surface area (Å²) in [7, 11) is -3.22. The second-order valence-electron chi connectivity index (χ2n) is 7.80. The Morgan fingerprint density at radius 1 is 1.28 bits per heavy atom. The predicted octanol–water partition coefficient (Wildman–Crippen LogP) is 2.40. The van der Waals surface area contributed by atoms with Crippen molar-refractivity contribution in [3.8, 4) is 0 Å². The highest BCUT2D eigenvalue weighted by Gasteiger charge is 2.51. The Morgan fingerprint density at radius 2 is 2.10 bits per heavy atom. The molecule has 4 atom stereocenters. The topological polar surface area (TPSA) is 104 Å². The van der Waals surface area contributed by atoms with E-state index >= 15 is 0 Å². The number of carbonyl (C=O) groups is 2. The first-order chi connectivity index (χ1) is 13.8. The molecule has 1 aromatic rings. The van der Waals surface area contributed by atoms with Crippen molar-refractivity contribution >= 4 is 45.1 Å². The van der Waals surface area contributed by atoms with Crippen molar-refractivity contribution in [3.63, 3.8) is 0 Å². The van der Waals surface area contributed by atoms with Gasteiger partial charge in [-0.05, 0) is 43.0 Å². The van der Waals surface area contributed by atoms with Crippen LogP contribution in [0.15, 0.2) is 23.1 Å². The van der Waals surface area contributed by atoms with Crippen molar-refractivity contribution in [2.45, 2.75) is 60.4 Å². The number of hydrogen-bond acceptors (Lipinski definition) is 5. The van der Waals surface area contributed by atoms with Crippen molar-refractivity contribution < 1.29 is 18.0 Å². The summed E-state index contributed by atoms with van der Waals surface area (Å²) in [6.07, 6.45) is 2.90. The Hall–Kier alpha value is -1.45. The smallest absolute Gasteiger partial charge is 0.315 e. The molecule has 4 rings (SSSR count). The molecule has 0 unspecified atom stereocenters. The molecule has 10 heteroatoms. The first-order valence-electron chi connectivity index (χ1n) is 9.84. The number of amides is 3. The number of hydrogen-bond donors (Lipinski definition) is 3. The Kier molecular flexibility index (Phi) is 5.99. The van der Waals surface area contributed by atoms with E-state index in [2.05, 4.69) is 16.0 Å². The van der Waals surface area contributed by atoms with Gasteiger partial charge in [0.2, 0.25) is 5.91 Å². The van der Waals surface area contributed by atoms with Crippen LogP contribution in [-0.2, 0) is 14.6 Å². The lowest BCUT2D eigenvalue weighted by molar-refractivity contribution is -0.122. The Morgan fingerprint density at radius 3 is 2.93 bits per heavy atom. The molecular formula is C19H24ClN3O4S2. The number of rotatable bonds is 6. The van der Waals surface area contributed by atoms with Crippen LogP contribution in [-0.4, -0.2) is 49.2 Å². The second kappa shape index (κ2) is 8.35. The summed E-state index contributed by atoms with van der Waals surface area (Å²) in [5, 5.41) is 8.57. The van der Waals surface area contributed by atoms with Crippen molar-refractivity contribution in [3.05, 3.63) is 28.8 Å². The van der Waals surface area contributed by atoms with Crippen molar-refractivity contribution in [2.75, 3.05) is 11.5 Å². The number of sulfone groups is 1. The molecule has 7 nitrogen and oxygen atoms in total. The lowest BCUT2D eigenvalue weighted by atomic mass is 10.0. The van der Waals surface area contributed by atoms with Crippen LogP contribution in [0.2, 0.25) is 5.02 Å². The van der Waals surface area contributed by atoms with Crippen LogP contribution < -0.4 is 16.0 Å². The number of halogens is 1. The monoisotopic (exact) mass is 457 g/mol. The maximum Gasteiger partial charge on any atom is 0.315 e. The largest absolute Gasteiger partial charge is 0.349 e. The summed E-state index contributed by atoms with van der Waals surface area (Å²) in [6.45, 7) is 0. The molecule has 0 radical (unpaired) electrons. The number of carbonyl (C=O) groups excluding carboxylic acids is 2. The third-order valence-electron chi connectivity index (χ3n) is 5.81. The van der Waals surface area contributed by atoms with Gasteiger partial charge >= 0.3 is 6.03 Å². The van der Waals surface area contributed by atoms with Crippen molar-refractivity contribution in [2.24, 2.45) is 0 Å². The zero-order valence-corrected chi connectivity index (χ0v) is 18.2. The van der Waals surface area contributed by atoms with E-state index in [4.69, 9.17) is 11.6 Å². The molecule has 3 amide bonds. The van der Waals surface area contributed by atoms with Gasteiger partial charge in [-0.15, -0.1) is 11.8 Å². The maximum atomic E-state index is 12.4. The van der Waals surface area contributed by atoms with Crippen LogP contribution in [0, 0.1) is 0 Å². The molecule has 3 aliphatic heterocycles. The number of benzene rings is 1. The Bertz CT molecular complexity index is 924. The molecule has 158 valence electrons. The minimum absolute atomic E-state index is 0.0107. The molecule has 1 aromatic carbocycles.